The van der Waals surface area contributed by atoms with Crippen molar-refractivity contribution in [3.63, 3.8) is 0 Å². The molecular formula is C11H9BO2. The van der Waals surface area contributed by atoms with Gasteiger partial charge in [0.2, 0.25) is 0 Å². The van der Waals surface area contributed by atoms with Gasteiger partial charge in [0.1, 0.15) is 7.85 Å². The minimum atomic E-state index is -0.874. The van der Waals surface area contributed by atoms with Gasteiger partial charge >= 0.3 is 5.97 Å². The summed E-state index contributed by atoms with van der Waals surface area (Å²) < 4.78 is 0. The lowest BCUT2D eigenvalue weighted by molar-refractivity contribution is 0.0699. The highest BCUT2D eigenvalue weighted by Gasteiger charge is 2.08. The van der Waals surface area contributed by atoms with Crippen LogP contribution in [0.5, 0.6) is 0 Å². The molecule has 0 aliphatic heterocycles. The van der Waals surface area contributed by atoms with E-state index < -0.39 is 5.97 Å². The quantitative estimate of drug-likeness (QED) is 0.665. The summed E-state index contributed by atoms with van der Waals surface area (Å²) in [5.41, 5.74) is 1.47. The van der Waals surface area contributed by atoms with Crippen molar-refractivity contribution in [2.45, 2.75) is 0 Å². The fraction of sp³-hybridized carbons (Fsp3) is 0. The highest BCUT2D eigenvalue weighted by molar-refractivity contribution is 6.39. The molecule has 2 aromatic carbocycles. The Labute approximate surface area is 82.6 Å². The van der Waals surface area contributed by atoms with Gasteiger partial charge in [-0.15, -0.1) is 0 Å². The van der Waals surface area contributed by atoms with Gasteiger partial charge in [-0.05, 0) is 16.8 Å². The molecular weight excluding hydrogens is 175 g/mol. The first-order chi connectivity index (χ1) is 6.70. The van der Waals surface area contributed by atoms with Gasteiger partial charge in [-0.25, -0.2) is 4.79 Å². The highest BCUT2D eigenvalue weighted by Crippen LogP contribution is 2.16. The minimum absolute atomic E-state index is 0.367. The molecule has 2 aromatic rings. The maximum atomic E-state index is 10.9. The van der Waals surface area contributed by atoms with Crippen molar-refractivity contribution in [3.05, 3.63) is 42.0 Å². The van der Waals surface area contributed by atoms with Crippen LogP contribution in [0.15, 0.2) is 36.4 Å². The van der Waals surface area contributed by atoms with Crippen molar-refractivity contribution in [2.75, 3.05) is 0 Å². The molecule has 0 fully saturated rings. The zero-order valence-electron chi connectivity index (χ0n) is 7.82. The van der Waals surface area contributed by atoms with Crippen LogP contribution in [0.3, 0.4) is 0 Å². The average molecular weight is 184 g/mol. The summed E-state index contributed by atoms with van der Waals surface area (Å²) >= 11 is 0. The lowest BCUT2D eigenvalue weighted by atomic mass is 9.88. The zero-order valence-corrected chi connectivity index (χ0v) is 7.82. The Morgan fingerprint density at radius 1 is 1.07 bits per heavy atom. The third-order valence-corrected chi connectivity index (χ3v) is 2.37. The van der Waals surface area contributed by atoms with Crippen molar-refractivity contribution in [2.24, 2.45) is 0 Å². The summed E-state index contributed by atoms with van der Waals surface area (Å²) in [4.78, 5) is 10.9. The maximum Gasteiger partial charge on any atom is 0.336 e. The standard InChI is InChI=1S/C11H9BO2/c12-10-6-5-9(11(13)14)7-3-1-2-4-8(7)10/h1-6H,12H2,(H,13,14). The first-order valence-corrected chi connectivity index (χ1v) is 4.42. The summed E-state index contributed by atoms with van der Waals surface area (Å²) in [5, 5.41) is 10.8. The Morgan fingerprint density at radius 2 is 1.71 bits per heavy atom. The molecule has 0 heterocycles. The van der Waals surface area contributed by atoms with E-state index in [0.29, 0.717) is 5.56 Å². The number of carboxylic acids is 1. The SMILES string of the molecule is Bc1ccc(C(=O)O)c2ccccc12. The third kappa shape index (κ3) is 1.27. The van der Waals surface area contributed by atoms with Gasteiger partial charge in [0, 0.05) is 0 Å². The molecule has 0 unspecified atom stereocenters. The Kier molecular flexibility index (Phi) is 2.00. The number of aromatic carboxylic acids is 1. The zero-order chi connectivity index (χ0) is 10.1. The molecule has 0 aliphatic rings. The van der Waals surface area contributed by atoms with Crippen LogP contribution in [-0.4, -0.2) is 18.9 Å². The van der Waals surface area contributed by atoms with Gasteiger partial charge in [-0.3, -0.25) is 0 Å². The molecule has 0 saturated carbocycles. The number of fused-ring (bicyclic) bond motifs is 1. The molecule has 0 aromatic heterocycles. The summed E-state index contributed by atoms with van der Waals surface area (Å²) in [6, 6.07) is 11.0. The van der Waals surface area contributed by atoms with Crippen molar-refractivity contribution >= 4 is 30.1 Å². The predicted octanol–water partition coefficient (Wildman–Crippen LogP) is 0.796. The molecule has 0 aliphatic carbocycles. The molecule has 68 valence electrons. The largest absolute Gasteiger partial charge is 0.478 e. The molecule has 0 radical (unpaired) electrons. The lowest BCUT2D eigenvalue weighted by Crippen LogP contribution is -2.07. The molecule has 3 heteroatoms. The Morgan fingerprint density at radius 3 is 2.36 bits per heavy atom. The van der Waals surface area contributed by atoms with E-state index in [1.807, 2.05) is 38.2 Å². The van der Waals surface area contributed by atoms with Crippen LogP contribution in [-0.2, 0) is 0 Å². The molecule has 0 amide bonds. The first kappa shape index (κ1) is 8.82. The predicted molar refractivity (Wildman–Crippen MR) is 59.1 cm³/mol. The van der Waals surface area contributed by atoms with E-state index in [1.165, 1.54) is 0 Å². The average Bonchev–Trinajstić information content (AvgIpc) is 2.18. The van der Waals surface area contributed by atoms with Crippen LogP contribution in [0.1, 0.15) is 10.4 Å². The summed E-state index contributed by atoms with van der Waals surface area (Å²) in [6.45, 7) is 0. The fourth-order valence-corrected chi connectivity index (χ4v) is 1.64. The van der Waals surface area contributed by atoms with Crippen LogP contribution in [0.25, 0.3) is 10.8 Å². The number of hydrogen-bond acceptors (Lipinski definition) is 1. The molecule has 14 heavy (non-hydrogen) atoms. The molecule has 0 spiro atoms. The Bertz CT molecular complexity index is 506. The van der Waals surface area contributed by atoms with Gasteiger partial charge in [-0.2, -0.15) is 0 Å². The molecule has 2 nitrogen and oxygen atoms in total. The van der Waals surface area contributed by atoms with E-state index in [4.69, 9.17) is 5.11 Å². The third-order valence-electron chi connectivity index (χ3n) is 2.37. The van der Waals surface area contributed by atoms with Gasteiger partial charge in [0.05, 0.1) is 5.56 Å². The van der Waals surface area contributed by atoms with Crippen molar-refractivity contribution < 1.29 is 9.90 Å². The van der Waals surface area contributed by atoms with Crippen LogP contribution in [0, 0.1) is 0 Å². The normalized spacial score (nSPS) is 10.3. The number of hydrogen-bond donors (Lipinski definition) is 1. The van der Waals surface area contributed by atoms with Gasteiger partial charge in [0.15, 0.2) is 0 Å². The van der Waals surface area contributed by atoms with Crippen molar-refractivity contribution in [1.29, 1.82) is 0 Å². The van der Waals surface area contributed by atoms with Crippen LogP contribution in [0.2, 0.25) is 0 Å². The second-order valence-corrected chi connectivity index (χ2v) is 3.28. The molecule has 2 rings (SSSR count). The number of rotatable bonds is 1. The fourth-order valence-electron chi connectivity index (χ4n) is 1.64. The van der Waals surface area contributed by atoms with Gasteiger partial charge in [0.25, 0.3) is 0 Å². The highest BCUT2D eigenvalue weighted by atomic mass is 16.4. The van der Waals surface area contributed by atoms with E-state index in [9.17, 15) is 4.79 Å². The van der Waals surface area contributed by atoms with Crippen LogP contribution >= 0.6 is 0 Å². The molecule has 0 saturated heterocycles. The molecule has 0 atom stereocenters. The van der Waals surface area contributed by atoms with Gasteiger partial charge < -0.3 is 5.11 Å². The topological polar surface area (TPSA) is 37.3 Å². The van der Waals surface area contributed by atoms with E-state index in [1.54, 1.807) is 6.07 Å². The maximum absolute atomic E-state index is 10.9. The van der Waals surface area contributed by atoms with E-state index in [-0.39, 0.29) is 0 Å². The molecule has 0 bridgehead atoms. The summed E-state index contributed by atoms with van der Waals surface area (Å²) in [7, 11) is 1.98. The van der Waals surface area contributed by atoms with E-state index >= 15 is 0 Å². The lowest BCUT2D eigenvalue weighted by Gasteiger charge is -2.04. The molecule has 1 N–H and O–H groups in total. The minimum Gasteiger partial charge on any atom is -0.478 e. The van der Waals surface area contributed by atoms with Crippen molar-refractivity contribution in [3.8, 4) is 0 Å². The number of carbonyl (C=O) groups is 1. The van der Waals surface area contributed by atoms with Crippen molar-refractivity contribution in [1.82, 2.24) is 0 Å². The second-order valence-electron chi connectivity index (χ2n) is 3.28. The monoisotopic (exact) mass is 184 g/mol. The first-order valence-electron chi connectivity index (χ1n) is 4.42. The van der Waals surface area contributed by atoms with E-state index in [2.05, 4.69) is 0 Å². The van der Waals surface area contributed by atoms with E-state index in [0.717, 1.165) is 16.2 Å². The van der Waals surface area contributed by atoms with Crippen LogP contribution in [0.4, 0.5) is 0 Å². The van der Waals surface area contributed by atoms with Gasteiger partial charge in [-0.1, -0.05) is 35.8 Å². The Hall–Kier alpha value is -1.77. The van der Waals surface area contributed by atoms with Crippen LogP contribution < -0.4 is 5.46 Å². The number of carboxylic acid groups (broad SMARTS) is 1. The smallest absolute Gasteiger partial charge is 0.336 e. The summed E-state index contributed by atoms with van der Waals surface area (Å²) in [5.74, 6) is -0.874. The summed E-state index contributed by atoms with van der Waals surface area (Å²) in [6.07, 6.45) is 0. The number of benzene rings is 2. The Balaban J connectivity index is 2.88. The second kappa shape index (κ2) is 3.18.